The Labute approximate surface area is 132 Å². The molecule has 5 nitrogen and oxygen atoms in total. The first-order valence-electron chi connectivity index (χ1n) is 6.43. The van der Waals surface area contributed by atoms with E-state index < -0.39 is 10.0 Å². The van der Waals surface area contributed by atoms with Gasteiger partial charge in [-0.1, -0.05) is 36.4 Å². The lowest BCUT2D eigenvalue weighted by Gasteiger charge is -2.04. The van der Waals surface area contributed by atoms with E-state index in [0.29, 0.717) is 10.8 Å². The molecule has 0 amide bonds. The number of nitrogens with zero attached hydrogens (tertiary/aromatic N) is 1. The molecule has 0 aliphatic carbocycles. The number of thiazole rings is 1. The standard InChI is InChI=1S/C15H13N3O2S2/c16-22(19,20)13-8-4-7-12(9-13)17-15-18-14(10-21-15)11-5-2-1-3-6-11/h1-10H,(H,17,18)(H2,16,19,20). The summed E-state index contributed by atoms with van der Waals surface area (Å²) in [6.45, 7) is 0. The lowest BCUT2D eigenvalue weighted by atomic mass is 10.2. The van der Waals surface area contributed by atoms with Gasteiger partial charge >= 0.3 is 0 Å². The summed E-state index contributed by atoms with van der Waals surface area (Å²) in [5, 5.41) is 10.9. The molecule has 3 rings (SSSR count). The smallest absolute Gasteiger partial charge is 0.238 e. The molecule has 0 aliphatic heterocycles. The van der Waals surface area contributed by atoms with Gasteiger partial charge < -0.3 is 5.32 Å². The van der Waals surface area contributed by atoms with Crippen molar-refractivity contribution in [1.82, 2.24) is 4.98 Å². The van der Waals surface area contributed by atoms with Crippen LogP contribution in [0.5, 0.6) is 0 Å². The second-order valence-electron chi connectivity index (χ2n) is 4.60. The zero-order valence-electron chi connectivity index (χ0n) is 11.4. The summed E-state index contributed by atoms with van der Waals surface area (Å²) in [7, 11) is -3.71. The van der Waals surface area contributed by atoms with Crippen molar-refractivity contribution in [2.45, 2.75) is 4.90 Å². The van der Waals surface area contributed by atoms with Crippen molar-refractivity contribution >= 4 is 32.2 Å². The van der Waals surface area contributed by atoms with Crippen LogP contribution in [0.25, 0.3) is 11.3 Å². The maximum Gasteiger partial charge on any atom is 0.238 e. The first-order chi connectivity index (χ1) is 10.5. The first-order valence-corrected chi connectivity index (χ1v) is 8.86. The zero-order valence-corrected chi connectivity index (χ0v) is 13.1. The molecule has 0 bridgehead atoms. The van der Waals surface area contributed by atoms with E-state index in [9.17, 15) is 8.42 Å². The Hall–Kier alpha value is -2.22. The van der Waals surface area contributed by atoms with Crippen molar-refractivity contribution in [2.24, 2.45) is 5.14 Å². The summed E-state index contributed by atoms with van der Waals surface area (Å²) in [6, 6.07) is 16.2. The topological polar surface area (TPSA) is 85.1 Å². The Bertz CT molecular complexity index is 890. The third kappa shape index (κ3) is 3.33. The summed E-state index contributed by atoms with van der Waals surface area (Å²) < 4.78 is 22.7. The minimum Gasteiger partial charge on any atom is -0.331 e. The molecule has 0 unspecified atom stereocenters. The van der Waals surface area contributed by atoms with Gasteiger partial charge in [0.2, 0.25) is 10.0 Å². The molecule has 3 N–H and O–H groups in total. The van der Waals surface area contributed by atoms with E-state index in [1.54, 1.807) is 12.1 Å². The molecule has 0 saturated carbocycles. The number of hydrogen-bond donors (Lipinski definition) is 2. The number of primary sulfonamides is 1. The molecule has 1 heterocycles. The van der Waals surface area contributed by atoms with E-state index in [4.69, 9.17) is 5.14 Å². The molecule has 0 fully saturated rings. The molecule has 7 heteroatoms. The fraction of sp³-hybridized carbons (Fsp3) is 0. The molecule has 0 atom stereocenters. The average Bonchev–Trinajstić information content (AvgIpc) is 2.96. The summed E-state index contributed by atoms with van der Waals surface area (Å²) >= 11 is 1.45. The van der Waals surface area contributed by atoms with Gasteiger partial charge in [-0.25, -0.2) is 18.5 Å². The first kappa shape index (κ1) is 14.7. The molecule has 3 aromatic rings. The largest absolute Gasteiger partial charge is 0.331 e. The highest BCUT2D eigenvalue weighted by Crippen LogP contribution is 2.27. The highest BCUT2D eigenvalue weighted by Gasteiger charge is 2.09. The predicted octanol–water partition coefficient (Wildman–Crippen LogP) is 3.20. The van der Waals surface area contributed by atoms with Gasteiger partial charge in [0.05, 0.1) is 10.6 Å². The Morgan fingerprint density at radius 1 is 1.05 bits per heavy atom. The van der Waals surface area contributed by atoms with E-state index in [2.05, 4.69) is 10.3 Å². The lowest BCUT2D eigenvalue weighted by Crippen LogP contribution is -2.12. The van der Waals surface area contributed by atoms with E-state index in [1.165, 1.54) is 23.5 Å². The van der Waals surface area contributed by atoms with Crippen molar-refractivity contribution in [3.8, 4) is 11.3 Å². The van der Waals surface area contributed by atoms with Crippen LogP contribution in [0.2, 0.25) is 0 Å². The van der Waals surface area contributed by atoms with E-state index in [-0.39, 0.29) is 4.90 Å². The van der Waals surface area contributed by atoms with Gasteiger partial charge in [0.15, 0.2) is 5.13 Å². The third-order valence-corrected chi connectivity index (χ3v) is 4.66. The van der Waals surface area contributed by atoms with Gasteiger partial charge in [-0.3, -0.25) is 0 Å². The van der Waals surface area contributed by atoms with Gasteiger partial charge in [-0.2, -0.15) is 0 Å². The Kier molecular flexibility index (Phi) is 3.93. The van der Waals surface area contributed by atoms with Gasteiger partial charge in [0.1, 0.15) is 0 Å². The van der Waals surface area contributed by atoms with Crippen LogP contribution in [0, 0.1) is 0 Å². The normalized spacial score (nSPS) is 11.3. The Morgan fingerprint density at radius 3 is 2.55 bits per heavy atom. The van der Waals surface area contributed by atoms with Crippen LogP contribution in [-0.2, 0) is 10.0 Å². The van der Waals surface area contributed by atoms with Crippen molar-refractivity contribution in [2.75, 3.05) is 5.32 Å². The number of anilines is 2. The number of rotatable bonds is 4. The molecule has 0 aliphatic rings. The summed E-state index contributed by atoms with van der Waals surface area (Å²) in [6.07, 6.45) is 0. The van der Waals surface area contributed by atoms with Crippen LogP contribution in [0.3, 0.4) is 0 Å². The lowest BCUT2D eigenvalue weighted by molar-refractivity contribution is 0.598. The third-order valence-electron chi connectivity index (χ3n) is 2.99. The number of benzene rings is 2. The Morgan fingerprint density at radius 2 is 1.82 bits per heavy atom. The van der Waals surface area contributed by atoms with E-state index >= 15 is 0 Å². The maximum absolute atomic E-state index is 11.4. The van der Waals surface area contributed by atoms with Crippen molar-refractivity contribution in [1.29, 1.82) is 0 Å². The molecule has 1 aromatic heterocycles. The fourth-order valence-electron chi connectivity index (χ4n) is 1.95. The van der Waals surface area contributed by atoms with Gasteiger partial charge in [0, 0.05) is 16.6 Å². The molecule has 22 heavy (non-hydrogen) atoms. The number of nitrogens with two attached hydrogens (primary N) is 1. The molecular formula is C15H13N3O2S2. The molecule has 0 radical (unpaired) electrons. The summed E-state index contributed by atoms with van der Waals surface area (Å²) in [5.74, 6) is 0. The maximum atomic E-state index is 11.4. The monoisotopic (exact) mass is 331 g/mol. The summed E-state index contributed by atoms with van der Waals surface area (Å²) in [4.78, 5) is 4.56. The molecule has 0 saturated heterocycles. The van der Waals surface area contributed by atoms with Crippen molar-refractivity contribution in [3.63, 3.8) is 0 Å². The van der Waals surface area contributed by atoms with Gasteiger partial charge in [-0.15, -0.1) is 11.3 Å². The quantitative estimate of drug-likeness (QED) is 0.769. The van der Waals surface area contributed by atoms with Crippen LogP contribution < -0.4 is 10.5 Å². The highest BCUT2D eigenvalue weighted by molar-refractivity contribution is 7.89. The second-order valence-corrected chi connectivity index (χ2v) is 7.02. The highest BCUT2D eigenvalue weighted by atomic mass is 32.2. The predicted molar refractivity (Wildman–Crippen MR) is 88.6 cm³/mol. The Balaban J connectivity index is 1.84. The van der Waals surface area contributed by atoms with Crippen molar-refractivity contribution < 1.29 is 8.42 Å². The molecular weight excluding hydrogens is 318 g/mol. The molecule has 0 spiro atoms. The van der Waals surface area contributed by atoms with Crippen LogP contribution in [0.4, 0.5) is 10.8 Å². The van der Waals surface area contributed by atoms with Crippen LogP contribution in [0.1, 0.15) is 0 Å². The molecule has 2 aromatic carbocycles. The minimum atomic E-state index is -3.71. The second kappa shape index (κ2) is 5.88. The number of nitrogens with one attached hydrogen (secondary N) is 1. The summed E-state index contributed by atoms with van der Waals surface area (Å²) in [5.41, 5.74) is 2.53. The van der Waals surface area contributed by atoms with Crippen LogP contribution in [0.15, 0.2) is 64.9 Å². The SMILES string of the molecule is NS(=O)(=O)c1cccc(Nc2nc(-c3ccccc3)cs2)c1. The average molecular weight is 331 g/mol. The zero-order chi connectivity index (χ0) is 15.6. The van der Waals surface area contributed by atoms with Gasteiger partial charge in [-0.05, 0) is 18.2 Å². The molecule has 112 valence electrons. The fourth-order valence-corrected chi connectivity index (χ4v) is 3.25. The minimum absolute atomic E-state index is 0.0670. The van der Waals surface area contributed by atoms with Gasteiger partial charge in [0.25, 0.3) is 0 Å². The van der Waals surface area contributed by atoms with Crippen molar-refractivity contribution in [3.05, 3.63) is 60.0 Å². The van der Waals surface area contributed by atoms with E-state index in [0.717, 1.165) is 11.3 Å². The van der Waals surface area contributed by atoms with Crippen LogP contribution >= 0.6 is 11.3 Å². The number of sulfonamides is 1. The number of aromatic nitrogens is 1. The van der Waals surface area contributed by atoms with Crippen LogP contribution in [-0.4, -0.2) is 13.4 Å². The number of hydrogen-bond acceptors (Lipinski definition) is 5. The van der Waals surface area contributed by atoms with E-state index in [1.807, 2.05) is 35.7 Å².